The Morgan fingerprint density at radius 2 is 1.85 bits per heavy atom. The van der Waals surface area contributed by atoms with Gasteiger partial charge >= 0.3 is 12.2 Å². The summed E-state index contributed by atoms with van der Waals surface area (Å²) in [5, 5.41) is 15.0. The zero-order valence-corrected chi connectivity index (χ0v) is 15.5. The van der Waals surface area contributed by atoms with Crippen LogP contribution in [0.25, 0.3) is 0 Å². The van der Waals surface area contributed by atoms with Crippen LogP contribution in [0, 0.1) is 11.8 Å². The molecule has 1 aromatic rings. The van der Waals surface area contributed by atoms with Crippen molar-refractivity contribution in [2.24, 2.45) is 0 Å². The third-order valence-corrected chi connectivity index (χ3v) is 3.05. The summed E-state index contributed by atoms with van der Waals surface area (Å²) in [5.41, 5.74) is 0.167. The van der Waals surface area contributed by atoms with Crippen molar-refractivity contribution >= 4 is 12.2 Å². The molecule has 3 N–H and O–H groups in total. The van der Waals surface area contributed by atoms with Crippen molar-refractivity contribution in [3.05, 3.63) is 35.9 Å². The summed E-state index contributed by atoms with van der Waals surface area (Å²) in [6.45, 7) is 6.79. The van der Waals surface area contributed by atoms with Gasteiger partial charge in [-0.05, 0) is 33.3 Å². The quantitative estimate of drug-likeness (QED) is 0.674. The van der Waals surface area contributed by atoms with Gasteiger partial charge in [-0.15, -0.1) is 5.92 Å². The van der Waals surface area contributed by atoms with E-state index >= 15 is 0 Å². The van der Waals surface area contributed by atoms with Crippen molar-refractivity contribution in [2.75, 3.05) is 6.54 Å². The summed E-state index contributed by atoms with van der Waals surface area (Å²) in [5.74, 6) is 5.11. The largest absolute Gasteiger partial charge is 0.445 e. The van der Waals surface area contributed by atoms with Crippen molar-refractivity contribution in [1.82, 2.24) is 10.6 Å². The molecule has 26 heavy (non-hydrogen) atoms. The Kier molecular flexibility index (Phi) is 8.46. The minimum absolute atomic E-state index is 0.0668. The zero-order valence-electron chi connectivity index (χ0n) is 15.5. The van der Waals surface area contributed by atoms with Gasteiger partial charge in [0.05, 0.1) is 6.04 Å². The van der Waals surface area contributed by atoms with Crippen LogP contribution in [-0.2, 0) is 16.1 Å². The van der Waals surface area contributed by atoms with E-state index in [0.29, 0.717) is 0 Å². The first kappa shape index (κ1) is 21.3. The molecule has 7 nitrogen and oxygen atoms in total. The van der Waals surface area contributed by atoms with Crippen LogP contribution in [0.15, 0.2) is 30.3 Å². The maximum Gasteiger partial charge on any atom is 0.408 e. The Labute approximate surface area is 154 Å². The molecule has 142 valence electrons. The molecule has 2 unspecified atom stereocenters. The van der Waals surface area contributed by atoms with Crippen LogP contribution in [0.4, 0.5) is 9.59 Å². The molecule has 0 fully saturated rings. The highest BCUT2D eigenvalue weighted by molar-refractivity contribution is 5.69. The molecule has 0 aliphatic rings. The lowest BCUT2D eigenvalue weighted by atomic mass is 10.1. The van der Waals surface area contributed by atoms with Gasteiger partial charge in [-0.25, -0.2) is 9.59 Å². The summed E-state index contributed by atoms with van der Waals surface area (Å²) in [6, 6.07) is 8.38. The molecule has 0 bridgehead atoms. The monoisotopic (exact) mass is 362 g/mol. The number of benzene rings is 1. The number of aliphatic hydroxyl groups is 1. The molecular formula is C19H26N2O5. The number of ether oxygens (including phenoxy) is 2. The van der Waals surface area contributed by atoms with Gasteiger partial charge in [0.15, 0.2) is 0 Å². The molecule has 0 spiro atoms. The van der Waals surface area contributed by atoms with E-state index in [4.69, 9.17) is 9.47 Å². The SMILES string of the molecule is CC#CC(O)C(CNC(=O)OCc1ccccc1)NC(=O)OC(C)(C)C. The topological polar surface area (TPSA) is 96.9 Å². The molecular weight excluding hydrogens is 336 g/mol. The summed E-state index contributed by atoms with van der Waals surface area (Å²) in [4.78, 5) is 23.7. The molecule has 1 aromatic carbocycles. The number of alkyl carbamates (subject to hydrolysis) is 2. The summed E-state index contributed by atoms with van der Waals surface area (Å²) in [6.07, 6.45) is -2.54. The highest BCUT2D eigenvalue weighted by Crippen LogP contribution is 2.07. The third-order valence-electron chi connectivity index (χ3n) is 3.05. The Balaban J connectivity index is 2.54. The Hall–Kier alpha value is -2.72. The second kappa shape index (κ2) is 10.3. The van der Waals surface area contributed by atoms with Gasteiger partial charge < -0.3 is 25.2 Å². The van der Waals surface area contributed by atoms with E-state index in [0.717, 1.165) is 5.56 Å². The number of hydrogen-bond donors (Lipinski definition) is 3. The number of carbonyl (C=O) groups excluding carboxylic acids is 2. The van der Waals surface area contributed by atoms with Gasteiger partial charge in [0, 0.05) is 6.54 Å². The van der Waals surface area contributed by atoms with Crippen molar-refractivity contribution in [2.45, 2.75) is 52.0 Å². The van der Waals surface area contributed by atoms with Crippen LogP contribution in [0.3, 0.4) is 0 Å². The molecule has 0 heterocycles. The van der Waals surface area contributed by atoms with Gasteiger partial charge in [0.25, 0.3) is 0 Å². The van der Waals surface area contributed by atoms with E-state index < -0.39 is 29.9 Å². The number of amides is 2. The van der Waals surface area contributed by atoms with E-state index in [1.54, 1.807) is 27.7 Å². The highest BCUT2D eigenvalue weighted by Gasteiger charge is 2.24. The van der Waals surface area contributed by atoms with Crippen molar-refractivity contribution in [3.8, 4) is 11.8 Å². The van der Waals surface area contributed by atoms with Crippen LogP contribution in [0.5, 0.6) is 0 Å². The average Bonchev–Trinajstić information content (AvgIpc) is 2.56. The first-order chi connectivity index (χ1) is 12.2. The van der Waals surface area contributed by atoms with Crippen LogP contribution in [-0.4, -0.2) is 41.6 Å². The lowest BCUT2D eigenvalue weighted by molar-refractivity contribution is 0.0456. The molecule has 0 radical (unpaired) electrons. The fourth-order valence-electron chi connectivity index (χ4n) is 1.92. The van der Waals surface area contributed by atoms with Crippen molar-refractivity contribution in [1.29, 1.82) is 0 Å². The number of rotatable bonds is 6. The Morgan fingerprint density at radius 3 is 2.42 bits per heavy atom. The molecule has 1 rings (SSSR count). The molecule has 2 atom stereocenters. The third kappa shape index (κ3) is 8.94. The van der Waals surface area contributed by atoms with E-state index in [1.807, 2.05) is 30.3 Å². The fourth-order valence-corrected chi connectivity index (χ4v) is 1.92. The minimum Gasteiger partial charge on any atom is -0.445 e. The van der Waals surface area contributed by atoms with Gasteiger partial charge in [-0.3, -0.25) is 0 Å². The van der Waals surface area contributed by atoms with Gasteiger partial charge in [-0.1, -0.05) is 36.3 Å². The van der Waals surface area contributed by atoms with Crippen LogP contribution in [0.1, 0.15) is 33.3 Å². The molecule has 0 aliphatic heterocycles. The second-order valence-electron chi connectivity index (χ2n) is 6.53. The maximum absolute atomic E-state index is 11.9. The molecule has 0 saturated carbocycles. The zero-order chi connectivity index (χ0) is 19.6. The van der Waals surface area contributed by atoms with Crippen molar-refractivity contribution < 1.29 is 24.2 Å². The minimum atomic E-state index is -1.16. The standard InChI is InChI=1S/C19H26N2O5/c1-5-9-16(22)15(21-18(24)26-19(2,3)4)12-20-17(23)25-13-14-10-7-6-8-11-14/h6-8,10-11,15-16,22H,12-13H2,1-4H3,(H,20,23)(H,21,24). The summed E-state index contributed by atoms with van der Waals surface area (Å²) >= 11 is 0. The first-order valence-corrected chi connectivity index (χ1v) is 8.25. The highest BCUT2D eigenvalue weighted by atomic mass is 16.6. The normalized spacial score (nSPS) is 12.8. The first-order valence-electron chi connectivity index (χ1n) is 8.25. The van der Waals surface area contributed by atoms with E-state index in [9.17, 15) is 14.7 Å². The van der Waals surface area contributed by atoms with E-state index in [2.05, 4.69) is 22.5 Å². The lowest BCUT2D eigenvalue weighted by Gasteiger charge is -2.25. The molecule has 0 saturated heterocycles. The molecule has 0 aromatic heterocycles. The average molecular weight is 362 g/mol. The van der Waals surface area contributed by atoms with E-state index in [1.165, 1.54) is 0 Å². The number of hydrogen-bond acceptors (Lipinski definition) is 5. The Morgan fingerprint density at radius 1 is 1.19 bits per heavy atom. The Bertz CT molecular complexity index is 643. The number of nitrogens with one attached hydrogen (secondary N) is 2. The van der Waals surface area contributed by atoms with Crippen molar-refractivity contribution in [3.63, 3.8) is 0 Å². The second-order valence-corrected chi connectivity index (χ2v) is 6.53. The number of aliphatic hydroxyl groups excluding tert-OH is 1. The van der Waals surface area contributed by atoms with Crippen LogP contribution >= 0.6 is 0 Å². The maximum atomic E-state index is 11.9. The smallest absolute Gasteiger partial charge is 0.408 e. The predicted octanol–water partition coefficient (Wildman–Crippen LogP) is 2.19. The van der Waals surface area contributed by atoms with Crippen LogP contribution in [0.2, 0.25) is 0 Å². The molecule has 0 aliphatic carbocycles. The summed E-state index contributed by atoms with van der Waals surface area (Å²) in [7, 11) is 0. The number of carbonyl (C=O) groups is 2. The van der Waals surface area contributed by atoms with E-state index in [-0.39, 0.29) is 13.2 Å². The molecule has 2 amide bonds. The molecule has 7 heteroatoms. The summed E-state index contributed by atoms with van der Waals surface area (Å²) < 4.78 is 10.2. The van der Waals surface area contributed by atoms with Gasteiger partial charge in [0.2, 0.25) is 0 Å². The van der Waals surface area contributed by atoms with Gasteiger partial charge in [0.1, 0.15) is 18.3 Å². The lowest BCUT2D eigenvalue weighted by Crippen LogP contribution is -2.51. The fraction of sp³-hybridized carbons (Fsp3) is 0.474. The van der Waals surface area contributed by atoms with Gasteiger partial charge in [-0.2, -0.15) is 0 Å². The predicted molar refractivity (Wildman–Crippen MR) is 97.2 cm³/mol. The van der Waals surface area contributed by atoms with Crippen LogP contribution < -0.4 is 10.6 Å².